The number of benzene rings is 1. The average Bonchev–Trinajstić information content (AvgIpc) is 3.22. The van der Waals surface area contributed by atoms with Crippen LogP contribution >= 0.6 is 23.1 Å². The second-order valence-corrected chi connectivity index (χ2v) is 7.10. The molecular formula is C16H15NO4S2. The topological polar surface area (TPSA) is 66.8 Å². The Kier molecular flexibility index (Phi) is 4.88. The van der Waals surface area contributed by atoms with E-state index in [9.17, 15) is 14.7 Å². The van der Waals surface area contributed by atoms with Gasteiger partial charge in [0.15, 0.2) is 0 Å². The van der Waals surface area contributed by atoms with Gasteiger partial charge in [0, 0.05) is 10.6 Å². The number of thiophene rings is 1. The minimum absolute atomic E-state index is 0.129. The molecule has 7 heteroatoms. The Morgan fingerprint density at radius 3 is 2.65 bits per heavy atom. The Balaban J connectivity index is 1.74. The molecule has 2 heterocycles. The summed E-state index contributed by atoms with van der Waals surface area (Å²) in [5.74, 6) is -0.647. The van der Waals surface area contributed by atoms with Crippen LogP contribution in [0.15, 0.2) is 47.8 Å². The van der Waals surface area contributed by atoms with E-state index >= 15 is 0 Å². The second-order valence-electron chi connectivity index (χ2n) is 5.00. The molecule has 1 aliphatic heterocycles. The SMILES string of the molecule is O=C(O)C1CSC(c2cccs2)N1C(=O)OCc1ccccc1. The van der Waals surface area contributed by atoms with Crippen molar-refractivity contribution in [2.24, 2.45) is 0 Å². The average molecular weight is 349 g/mol. The van der Waals surface area contributed by atoms with Crippen LogP contribution in [0.3, 0.4) is 0 Å². The summed E-state index contributed by atoms with van der Waals surface area (Å²) in [6.45, 7) is 0.129. The summed E-state index contributed by atoms with van der Waals surface area (Å²) in [4.78, 5) is 26.2. The molecule has 23 heavy (non-hydrogen) atoms. The van der Waals surface area contributed by atoms with Gasteiger partial charge in [-0.2, -0.15) is 0 Å². The lowest BCUT2D eigenvalue weighted by molar-refractivity contribution is -0.141. The minimum Gasteiger partial charge on any atom is -0.480 e. The van der Waals surface area contributed by atoms with E-state index in [4.69, 9.17) is 4.74 Å². The van der Waals surface area contributed by atoms with Crippen molar-refractivity contribution in [3.63, 3.8) is 0 Å². The molecule has 1 amide bonds. The van der Waals surface area contributed by atoms with Crippen LogP contribution in [0.1, 0.15) is 15.8 Å². The Morgan fingerprint density at radius 1 is 1.22 bits per heavy atom. The first kappa shape index (κ1) is 15.9. The van der Waals surface area contributed by atoms with Gasteiger partial charge in [-0.1, -0.05) is 36.4 Å². The highest BCUT2D eigenvalue weighted by molar-refractivity contribution is 7.99. The molecule has 1 aliphatic rings. The maximum Gasteiger partial charge on any atom is 0.412 e. The van der Waals surface area contributed by atoms with Crippen molar-refractivity contribution >= 4 is 35.2 Å². The van der Waals surface area contributed by atoms with Crippen molar-refractivity contribution in [1.29, 1.82) is 0 Å². The van der Waals surface area contributed by atoms with E-state index < -0.39 is 18.1 Å². The number of amides is 1. The molecule has 1 aromatic heterocycles. The van der Waals surface area contributed by atoms with Gasteiger partial charge in [0.25, 0.3) is 0 Å². The number of rotatable bonds is 4. The molecule has 2 unspecified atom stereocenters. The lowest BCUT2D eigenvalue weighted by Crippen LogP contribution is -2.43. The van der Waals surface area contributed by atoms with Gasteiger partial charge >= 0.3 is 12.1 Å². The number of hydrogen-bond donors (Lipinski definition) is 1. The molecule has 0 radical (unpaired) electrons. The summed E-state index contributed by atoms with van der Waals surface area (Å²) < 4.78 is 5.34. The van der Waals surface area contributed by atoms with Gasteiger partial charge in [-0.05, 0) is 17.0 Å². The second kappa shape index (κ2) is 7.06. The summed E-state index contributed by atoms with van der Waals surface area (Å²) in [6, 6.07) is 12.3. The number of ether oxygens (including phenoxy) is 1. The fourth-order valence-electron chi connectivity index (χ4n) is 2.36. The van der Waals surface area contributed by atoms with E-state index in [1.807, 2.05) is 47.8 Å². The van der Waals surface area contributed by atoms with Crippen LogP contribution in [0.5, 0.6) is 0 Å². The van der Waals surface area contributed by atoms with Crippen LogP contribution in [0.25, 0.3) is 0 Å². The molecular weight excluding hydrogens is 334 g/mol. The van der Waals surface area contributed by atoms with Gasteiger partial charge in [0.1, 0.15) is 18.0 Å². The Hall–Kier alpha value is -1.99. The quantitative estimate of drug-likeness (QED) is 0.914. The first-order valence-corrected chi connectivity index (χ1v) is 8.96. The number of carbonyl (C=O) groups is 2. The van der Waals surface area contributed by atoms with Crippen LogP contribution in [0.4, 0.5) is 4.79 Å². The molecule has 5 nitrogen and oxygen atoms in total. The highest BCUT2D eigenvalue weighted by atomic mass is 32.2. The molecule has 1 fully saturated rings. The van der Waals surface area contributed by atoms with Gasteiger partial charge in [-0.25, -0.2) is 9.59 Å². The molecule has 0 bridgehead atoms. The van der Waals surface area contributed by atoms with E-state index in [1.165, 1.54) is 28.0 Å². The molecule has 3 rings (SSSR count). The van der Waals surface area contributed by atoms with Crippen molar-refractivity contribution in [1.82, 2.24) is 4.90 Å². The van der Waals surface area contributed by atoms with Crippen LogP contribution in [0.2, 0.25) is 0 Å². The molecule has 120 valence electrons. The zero-order valence-electron chi connectivity index (χ0n) is 12.1. The monoisotopic (exact) mass is 349 g/mol. The number of hydrogen-bond acceptors (Lipinski definition) is 5. The third-order valence-electron chi connectivity index (χ3n) is 3.49. The van der Waals surface area contributed by atoms with Crippen LogP contribution in [-0.2, 0) is 16.1 Å². The summed E-state index contributed by atoms with van der Waals surface area (Å²) in [7, 11) is 0. The van der Waals surface area contributed by atoms with Gasteiger partial charge < -0.3 is 9.84 Å². The fourth-order valence-corrected chi connectivity index (χ4v) is 4.74. The van der Waals surface area contributed by atoms with Gasteiger partial charge in [-0.3, -0.25) is 4.90 Å². The summed E-state index contributed by atoms with van der Waals surface area (Å²) in [6.07, 6.45) is -0.593. The molecule has 1 aromatic carbocycles. The van der Waals surface area contributed by atoms with E-state index in [-0.39, 0.29) is 12.0 Å². The minimum atomic E-state index is -1.01. The number of thioether (sulfide) groups is 1. The van der Waals surface area contributed by atoms with Crippen LogP contribution in [-0.4, -0.2) is 33.9 Å². The van der Waals surface area contributed by atoms with E-state index in [1.54, 1.807) is 0 Å². The van der Waals surface area contributed by atoms with Crippen LogP contribution in [0, 0.1) is 0 Å². The zero-order valence-corrected chi connectivity index (χ0v) is 13.8. The Morgan fingerprint density at radius 2 is 2.00 bits per heavy atom. The fraction of sp³-hybridized carbons (Fsp3) is 0.250. The third-order valence-corrected chi connectivity index (χ3v) is 5.87. The number of aliphatic carboxylic acids is 1. The smallest absolute Gasteiger partial charge is 0.412 e. The van der Waals surface area contributed by atoms with Crippen molar-refractivity contribution in [2.75, 3.05) is 5.75 Å². The highest BCUT2D eigenvalue weighted by Crippen LogP contribution is 2.43. The molecule has 2 aromatic rings. The van der Waals surface area contributed by atoms with Crippen molar-refractivity contribution in [3.05, 3.63) is 58.3 Å². The lowest BCUT2D eigenvalue weighted by Gasteiger charge is -2.25. The largest absolute Gasteiger partial charge is 0.480 e. The summed E-state index contributed by atoms with van der Waals surface area (Å²) in [5, 5.41) is 11.0. The zero-order chi connectivity index (χ0) is 16.2. The Bertz CT molecular complexity index is 675. The van der Waals surface area contributed by atoms with Crippen molar-refractivity contribution in [2.45, 2.75) is 18.0 Å². The summed E-state index contributed by atoms with van der Waals surface area (Å²) >= 11 is 2.96. The molecule has 0 aliphatic carbocycles. The highest BCUT2D eigenvalue weighted by Gasteiger charge is 2.43. The Labute approximate surface area is 141 Å². The van der Waals surface area contributed by atoms with Gasteiger partial charge in [0.2, 0.25) is 0 Å². The van der Waals surface area contributed by atoms with E-state index in [0.717, 1.165) is 10.4 Å². The number of carboxylic acid groups (broad SMARTS) is 1. The summed E-state index contributed by atoms with van der Waals surface area (Å²) in [5.41, 5.74) is 0.868. The predicted molar refractivity (Wildman–Crippen MR) is 89.4 cm³/mol. The molecule has 1 saturated heterocycles. The van der Waals surface area contributed by atoms with Crippen molar-refractivity contribution in [3.8, 4) is 0 Å². The van der Waals surface area contributed by atoms with Gasteiger partial charge in [0.05, 0.1) is 0 Å². The lowest BCUT2D eigenvalue weighted by atomic mass is 10.2. The first-order valence-electron chi connectivity index (χ1n) is 7.03. The first-order chi connectivity index (χ1) is 11.2. The molecule has 1 N–H and O–H groups in total. The van der Waals surface area contributed by atoms with Crippen LogP contribution < -0.4 is 0 Å². The van der Waals surface area contributed by atoms with Gasteiger partial charge in [-0.15, -0.1) is 23.1 Å². The number of nitrogens with zero attached hydrogens (tertiary/aromatic N) is 1. The van der Waals surface area contributed by atoms with E-state index in [0.29, 0.717) is 5.75 Å². The predicted octanol–water partition coefficient (Wildman–Crippen LogP) is 3.59. The maximum absolute atomic E-state index is 12.5. The molecule has 2 atom stereocenters. The number of carboxylic acids is 1. The standard InChI is InChI=1S/C16H15NO4S2/c18-15(19)12-10-23-14(13-7-4-8-22-13)17(12)16(20)21-9-11-5-2-1-3-6-11/h1-8,12,14H,9-10H2,(H,18,19). The van der Waals surface area contributed by atoms with E-state index in [2.05, 4.69) is 0 Å². The normalized spacial score (nSPS) is 20.4. The third kappa shape index (κ3) is 3.51. The number of carbonyl (C=O) groups excluding carboxylic acids is 1. The van der Waals surface area contributed by atoms with Crippen molar-refractivity contribution < 1.29 is 19.4 Å². The maximum atomic E-state index is 12.5. The molecule has 0 saturated carbocycles. The molecule has 0 spiro atoms.